The van der Waals surface area contributed by atoms with Crippen LogP contribution >= 0.6 is 23.2 Å². The number of aromatic nitrogens is 1. The fourth-order valence-electron chi connectivity index (χ4n) is 2.15. The van der Waals surface area contributed by atoms with Gasteiger partial charge in [0.1, 0.15) is 6.61 Å². The van der Waals surface area contributed by atoms with Crippen molar-refractivity contribution in [2.45, 2.75) is 6.61 Å². The normalized spacial score (nSPS) is 10.5. The molecule has 0 aliphatic rings. The summed E-state index contributed by atoms with van der Waals surface area (Å²) in [5.41, 5.74) is 8.73. The van der Waals surface area contributed by atoms with Gasteiger partial charge in [-0.2, -0.15) is 0 Å². The van der Waals surface area contributed by atoms with Gasteiger partial charge in [0.2, 0.25) is 0 Å². The van der Waals surface area contributed by atoms with Crippen molar-refractivity contribution in [3.05, 3.63) is 76.4 Å². The molecule has 23 heavy (non-hydrogen) atoms. The lowest BCUT2D eigenvalue weighted by Crippen LogP contribution is -2.01. The predicted molar refractivity (Wildman–Crippen MR) is 94.9 cm³/mol. The van der Waals surface area contributed by atoms with Crippen LogP contribution in [0.15, 0.2) is 60.8 Å². The van der Waals surface area contributed by atoms with Crippen LogP contribution in [-0.4, -0.2) is 4.98 Å². The summed E-state index contributed by atoms with van der Waals surface area (Å²) in [5.74, 6) is 0.868. The molecule has 2 aromatic carbocycles. The number of pyridine rings is 1. The van der Waals surface area contributed by atoms with Gasteiger partial charge in [-0.15, -0.1) is 0 Å². The summed E-state index contributed by atoms with van der Waals surface area (Å²) in [7, 11) is 0. The first-order chi connectivity index (χ1) is 11.1. The zero-order chi connectivity index (χ0) is 16.2. The van der Waals surface area contributed by atoms with Gasteiger partial charge < -0.3 is 10.5 Å². The van der Waals surface area contributed by atoms with Gasteiger partial charge in [-0.1, -0.05) is 59.6 Å². The molecule has 3 nitrogen and oxygen atoms in total. The van der Waals surface area contributed by atoms with Crippen molar-refractivity contribution in [2.75, 3.05) is 5.73 Å². The van der Waals surface area contributed by atoms with Crippen molar-refractivity contribution in [3.63, 3.8) is 0 Å². The fourth-order valence-corrected chi connectivity index (χ4v) is 2.62. The van der Waals surface area contributed by atoms with Crippen molar-refractivity contribution in [1.82, 2.24) is 4.98 Å². The molecule has 0 atom stereocenters. The van der Waals surface area contributed by atoms with Gasteiger partial charge in [0.15, 0.2) is 11.6 Å². The molecule has 1 heterocycles. The first-order valence-corrected chi connectivity index (χ1v) is 7.77. The maximum Gasteiger partial charge on any atom is 0.166 e. The number of anilines is 1. The van der Waals surface area contributed by atoms with Crippen molar-refractivity contribution in [1.29, 1.82) is 0 Å². The Balaban J connectivity index is 1.82. The molecule has 0 radical (unpaired) electrons. The van der Waals surface area contributed by atoms with E-state index in [2.05, 4.69) is 4.98 Å². The zero-order valence-corrected chi connectivity index (χ0v) is 13.7. The number of ether oxygens (including phenoxy) is 1. The molecule has 0 spiro atoms. The second-order valence-electron chi connectivity index (χ2n) is 5.00. The van der Waals surface area contributed by atoms with Gasteiger partial charge in [0, 0.05) is 27.4 Å². The van der Waals surface area contributed by atoms with E-state index < -0.39 is 0 Å². The van der Waals surface area contributed by atoms with Crippen LogP contribution in [0.2, 0.25) is 10.0 Å². The maximum absolute atomic E-state index is 6.15. The Hall–Kier alpha value is -2.23. The molecule has 5 heteroatoms. The zero-order valence-electron chi connectivity index (χ0n) is 12.2. The van der Waals surface area contributed by atoms with E-state index in [4.69, 9.17) is 33.7 Å². The van der Waals surface area contributed by atoms with Crippen LogP contribution in [-0.2, 0) is 6.61 Å². The number of hydrogen-bond donors (Lipinski definition) is 1. The average Bonchev–Trinajstić information content (AvgIpc) is 2.56. The molecule has 0 saturated heterocycles. The van der Waals surface area contributed by atoms with Gasteiger partial charge in [-0.3, -0.25) is 0 Å². The molecule has 116 valence electrons. The summed E-state index contributed by atoms with van der Waals surface area (Å²) in [6.45, 7) is 0.292. The minimum atomic E-state index is 0.292. The van der Waals surface area contributed by atoms with Crippen LogP contribution < -0.4 is 10.5 Å². The SMILES string of the molecule is Nc1ncc(-c2ccccc2)cc1OCc1ccc(Cl)cc1Cl. The van der Waals surface area contributed by atoms with E-state index in [0.29, 0.717) is 28.2 Å². The highest BCUT2D eigenvalue weighted by molar-refractivity contribution is 6.35. The summed E-state index contributed by atoms with van der Waals surface area (Å²) >= 11 is 12.0. The van der Waals surface area contributed by atoms with Crippen molar-refractivity contribution >= 4 is 29.0 Å². The second kappa shape index (κ2) is 6.90. The van der Waals surface area contributed by atoms with Crippen molar-refractivity contribution in [3.8, 4) is 16.9 Å². The molecular weight excluding hydrogens is 331 g/mol. The van der Waals surface area contributed by atoms with Gasteiger partial charge in [-0.05, 0) is 23.8 Å². The highest BCUT2D eigenvalue weighted by atomic mass is 35.5. The summed E-state index contributed by atoms with van der Waals surface area (Å²) in [4.78, 5) is 4.20. The number of hydrogen-bond acceptors (Lipinski definition) is 3. The standard InChI is InChI=1S/C18H14Cl2N2O/c19-15-7-6-13(16(20)9-15)11-23-17-8-14(10-22-18(17)21)12-4-2-1-3-5-12/h1-10H,11H2,(H2,21,22). The topological polar surface area (TPSA) is 48.1 Å². The number of rotatable bonds is 4. The fraction of sp³-hybridized carbons (Fsp3) is 0.0556. The highest BCUT2D eigenvalue weighted by Crippen LogP contribution is 2.28. The average molecular weight is 345 g/mol. The molecule has 3 rings (SSSR count). The van der Waals surface area contributed by atoms with Gasteiger partial charge in [0.05, 0.1) is 0 Å². The second-order valence-corrected chi connectivity index (χ2v) is 5.84. The molecule has 0 bridgehead atoms. The Morgan fingerprint density at radius 3 is 2.48 bits per heavy atom. The molecule has 1 aromatic heterocycles. The van der Waals surface area contributed by atoms with E-state index in [1.807, 2.05) is 42.5 Å². The van der Waals surface area contributed by atoms with Crippen LogP contribution in [0.25, 0.3) is 11.1 Å². The molecular formula is C18H14Cl2N2O. The number of nitrogens with two attached hydrogens (primary N) is 1. The lowest BCUT2D eigenvalue weighted by molar-refractivity contribution is 0.307. The third kappa shape index (κ3) is 3.76. The Morgan fingerprint density at radius 1 is 0.957 bits per heavy atom. The third-order valence-corrected chi connectivity index (χ3v) is 3.97. The molecule has 2 N–H and O–H groups in total. The first kappa shape index (κ1) is 15.7. The Kier molecular flexibility index (Phi) is 4.70. The highest BCUT2D eigenvalue weighted by Gasteiger charge is 2.08. The lowest BCUT2D eigenvalue weighted by Gasteiger charge is -2.11. The van der Waals surface area contributed by atoms with E-state index in [0.717, 1.165) is 16.7 Å². The van der Waals surface area contributed by atoms with E-state index in [1.165, 1.54) is 0 Å². The number of halogens is 2. The number of nitrogen functional groups attached to an aromatic ring is 1. The smallest absolute Gasteiger partial charge is 0.166 e. The molecule has 0 saturated carbocycles. The lowest BCUT2D eigenvalue weighted by atomic mass is 10.1. The molecule has 0 aliphatic heterocycles. The largest absolute Gasteiger partial charge is 0.485 e. The number of nitrogens with zero attached hydrogens (tertiary/aromatic N) is 1. The molecule has 3 aromatic rings. The van der Waals surface area contributed by atoms with Crippen LogP contribution in [0.1, 0.15) is 5.56 Å². The minimum absolute atomic E-state index is 0.292. The van der Waals surface area contributed by atoms with Crippen LogP contribution in [0.4, 0.5) is 5.82 Å². The molecule has 0 unspecified atom stereocenters. The number of benzene rings is 2. The van der Waals surface area contributed by atoms with Gasteiger partial charge >= 0.3 is 0 Å². The van der Waals surface area contributed by atoms with E-state index >= 15 is 0 Å². The summed E-state index contributed by atoms with van der Waals surface area (Å²) in [6.07, 6.45) is 1.73. The van der Waals surface area contributed by atoms with Gasteiger partial charge in [0.25, 0.3) is 0 Å². The quantitative estimate of drug-likeness (QED) is 0.705. The van der Waals surface area contributed by atoms with Crippen LogP contribution in [0.3, 0.4) is 0 Å². The van der Waals surface area contributed by atoms with Crippen LogP contribution in [0.5, 0.6) is 5.75 Å². The van der Waals surface area contributed by atoms with Crippen molar-refractivity contribution < 1.29 is 4.74 Å². The third-order valence-electron chi connectivity index (χ3n) is 3.39. The van der Waals surface area contributed by atoms with Gasteiger partial charge in [-0.25, -0.2) is 4.98 Å². The van der Waals surface area contributed by atoms with Crippen LogP contribution in [0, 0.1) is 0 Å². The Labute approximate surface area is 144 Å². The van der Waals surface area contributed by atoms with E-state index in [-0.39, 0.29) is 0 Å². The van der Waals surface area contributed by atoms with Crippen molar-refractivity contribution in [2.24, 2.45) is 0 Å². The minimum Gasteiger partial charge on any atom is -0.485 e. The monoisotopic (exact) mass is 344 g/mol. The molecule has 0 amide bonds. The summed E-state index contributed by atoms with van der Waals surface area (Å²) in [5, 5.41) is 1.15. The molecule has 0 aliphatic carbocycles. The van der Waals surface area contributed by atoms with E-state index in [1.54, 1.807) is 18.3 Å². The first-order valence-electron chi connectivity index (χ1n) is 7.01. The maximum atomic E-state index is 6.15. The summed E-state index contributed by atoms with van der Waals surface area (Å²) < 4.78 is 5.79. The molecule has 0 fully saturated rings. The predicted octanol–water partition coefficient (Wildman–Crippen LogP) is 5.22. The Bertz CT molecular complexity index is 823. The Morgan fingerprint density at radius 2 is 1.74 bits per heavy atom. The van der Waals surface area contributed by atoms with E-state index in [9.17, 15) is 0 Å². The summed E-state index contributed by atoms with van der Waals surface area (Å²) in [6, 6.07) is 17.1.